The second-order valence-electron chi connectivity index (χ2n) is 4.84. The number of anilines is 1. The van der Waals surface area contributed by atoms with Crippen molar-refractivity contribution in [1.29, 1.82) is 5.26 Å². The molecule has 4 heteroatoms. The third-order valence-corrected chi connectivity index (χ3v) is 3.51. The number of rotatable bonds is 4. The molecule has 0 bridgehead atoms. The van der Waals surface area contributed by atoms with Gasteiger partial charge in [0.15, 0.2) is 0 Å². The van der Waals surface area contributed by atoms with Gasteiger partial charge in [-0.3, -0.25) is 4.98 Å². The number of benzene rings is 1. The molecule has 0 spiro atoms. The van der Waals surface area contributed by atoms with E-state index in [9.17, 15) is 0 Å². The topological polar surface area (TPSA) is 61.6 Å². The van der Waals surface area contributed by atoms with Gasteiger partial charge >= 0.3 is 0 Å². The van der Waals surface area contributed by atoms with Crippen molar-refractivity contribution in [2.75, 3.05) is 5.32 Å². The Bertz CT molecular complexity index is 594. The summed E-state index contributed by atoms with van der Waals surface area (Å²) in [6, 6.07) is 10.7. The van der Waals surface area contributed by atoms with Crippen LogP contribution in [0.3, 0.4) is 0 Å². The molecule has 0 aliphatic heterocycles. The molecular formula is C15H14N4. The van der Waals surface area contributed by atoms with E-state index in [0.29, 0.717) is 6.54 Å². The maximum absolute atomic E-state index is 9.15. The molecule has 4 nitrogen and oxygen atoms in total. The minimum Gasteiger partial charge on any atom is -0.365 e. The van der Waals surface area contributed by atoms with Crippen LogP contribution in [0, 0.1) is 11.3 Å². The number of nitrogens with one attached hydrogen (secondary N) is 1. The Morgan fingerprint density at radius 1 is 1.21 bits per heavy atom. The molecule has 0 amide bonds. The second-order valence-corrected chi connectivity index (χ2v) is 4.84. The zero-order valence-electron chi connectivity index (χ0n) is 10.5. The van der Waals surface area contributed by atoms with Crippen LogP contribution in [0.4, 0.5) is 5.82 Å². The standard InChI is InChI=1S/C15H14N4/c16-11-15(5-6-15)13-3-1-12(2-4-13)9-19-14-10-17-7-8-18-14/h1-4,7-8,10H,5-6,9H2,(H,18,19). The Morgan fingerprint density at radius 3 is 2.58 bits per heavy atom. The van der Waals surface area contributed by atoms with Gasteiger partial charge in [-0.2, -0.15) is 5.26 Å². The van der Waals surface area contributed by atoms with Crippen molar-refractivity contribution in [3.63, 3.8) is 0 Å². The number of nitriles is 1. The number of hydrogen-bond acceptors (Lipinski definition) is 4. The SMILES string of the molecule is N#CC1(c2ccc(CNc3cnccn3)cc2)CC1. The van der Waals surface area contributed by atoms with Crippen molar-refractivity contribution < 1.29 is 0 Å². The lowest BCUT2D eigenvalue weighted by Crippen LogP contribution is -2.04. The molecule has 0 unspecified atom stereocenters. The minimum absolute atomic E-state index is 0.198. The normalized spacial score (nSPS) is 15.5. The molecular weight excluding hydrogens is 236 g/mol. The lowest BCUT2D eigenvalue weighted by atomic mass is 9.97. The minimum atomic E-state index is -0.198. The van der Waals surface area contributed by atoms with E-state index < -0.39 is 0 Å². The molecule has 1 saturated carbocycles. The second kappa shape index (κ2) is 4.69. The summed E-state index contributed by atoms with van der Waals surface area (Å²) in [5, 5.41) is 12.4. The molecule has 1 aromatic carbocycles. The van der Waals surface area contributed by atoms with Crippen molar-refractivity contribution in [3.8, 4) is 6.07 Å². The van der Waals surface area contributed by atoms with Crippen molar-refractivity contribution in [2.24, 2.45) is 0 Å². The first kappa shape index (κ1) is 11.7. The highest BCUT2D eigenvalue weighted by Crippen LogP contribution is 2.47. The number of aromatic nitrogens is 2. The maximum atomic E-state index is 9.15. The highest BCUT2D eigenvalue weighted by molar-refractivity contribution is 5.41. The van der Waals surface area contributed by atoms with Gasteiger partial charge < -0.3 is 5.32 Å². The van der Waals surface area contributed by atoms with Gasteiger partial charge in [-0.1, -0.05) is 24.3 Å². The van der Waals surface area contributed by atoms with E-state index in [1.165, 1.54) is 5.56 Å². The highest BCUT2D eigenvalue weighted by Gasteiger charge is 2.44. The maximum Gasteiger partial charge on any atom is 0.144 e. The van der Waals surface area contributed by atoms with Crippen molar-refractivity contribution in [2.45, 2.75) is 24.8 Å². The van der Waals surface area contributed by atoms with Gasteiger partial charge in [0.05, 0.1) is 17.7 Å². The molecule has 1 aromatic heterocycles. The van der Waals surface area contributed by atoms with Crippen LogP contribution in [-0.2, 0) is 12.0 Å². The lowest BCUT2D eigenvalue weighted by molar-refractivity contribution is 0.906. The average Bonchev–Trinajstić information content (AvgIpc) is 3.28. The Balaban J connectivity index is 1.66. The monoisotopic (exact) mass is 250 g/mol. The summed E-state index contributed by atoms with van der Waals surface area (Å²) >= 11 is 0. The summed E-state index contributed by atoms with van der Waals surface area (Å²) in [4.78, 5) is 8.16. The first-order valence-electron chi connectivity index (χ1n) is 6.33. The van der Waals surface area contributed by atoms with Gasteiger partial charge in [0, 0.05) is 18.9 Å². The molecule has 1 aliphatic rings. The lowest BCUT2D eigenvalue weighted by Gasteiger charge is -2.08. The van der Waals surface area contributed by atoms with E-state index in [1.807, 2.05) is 0 Å². The van der Waals surface area contributed by atoms with Crippen molar-refractivity contribution in [1.82, 2.24) is 9.97 Å². The zero-order chi connectivity index (χ0) is 13.1. The molecule has 1 fully saturated rings. The molecule has 0 atom stereocenters. The molecule has 0 radical (unpaired) electrons. The molecule has 94 valence electrons. The van der Waals surface area contributed by atoms with E-state index in [0.717, 1.165) is 24.2 Å². The van der Waals surface area contributed by atoms with Crippen LogP contribution < -0.4 is 5.32 Å². The Hall–Kier alpha value is -2.41. The predicted molar refractivity (Wildman–Crippen MR) is 72.3 cm³/mol. The van der Waals surface area contributed by atoms with Crippen LogP contribution in [0.5, 0.6) is 0 Å². The largest absolute Gasteiger partial charge is 0.365 e. The fourth-order valence-electron chi connectivity index (χ4n) is 2.11. The molecule has 1 aliphatic carbocycles. The highest BCUT2D eigenvalue weighted by atomic mass is 15.0. The van der Waals surface area contributed by atoms with Crippen LogP contribution in [0.1, 0.15) is 24.0 Å². The smallest absolute Gasteiger partial charge is 0.144 e. The van der Waals surface area contributed by atoms with Gasteiger partial charge in [-0.25, -0.2) is 4.98 Å². The summed E-state index contributed by atoms with van der Waals surface area (Å²) in [7, 11) is 0. The first-order valence-corrected chi connectivity index (χ1v) is 6.33. The van der Waals surface area contributed by atoms with Gasteiger partial charge in [0.25, 0.3) is 0 Å². The van der Waals surface area contributed by atoms with Gasteiger partial charge in [-0.05, 0) is 24.0 Å². The molecule has 19 heavy (non-hydrogen) atoms. The van der Waals surface area contributed by atoms with Crippen LogP contribution in [-0.4, -0.2) is 9.97 Å². The number of nitrogens with zero attached hydrogens (tertiary/aromatic N) is 3. The van der Waals surface area contributed by atoms with Crippen LogP contribution in [0.2, 0.25) is 0 Å². The third kappa shape index (κ3) is 2.41. The molecule has 1 N–H and O–H groups in total. The summed E-state index contributed by atoms with van der Waals surface area (Å²) in [6.45, 7) is 0.707. The zero-order valence-corrected chi connectivity index (χ0v) is 10.5. The van der Waals surface area contributed by atoms with E-state index in [4.69, 9.17) is 5.26 Å². The van der Waals surface area contributed by atoms with Crippen molar-refractivity contribution >= 4 is 5.82 Å². The Morgan fingerprint density at radius 2 is 2.00 bits per heavy atom. The van der Waals surface area contributed by atoms with E-state index >= 15 is 0 Å². The van der Waals surface area contributed by atoms with E-state index in [-0.39, 0.29) is 5.41 Å². The molecule has 1 heterocycles. The first-order chi connectivity index (χ1) is 9.32. The quantitative estimate of drug-likeness (QED) is 0.906. The van der Waals surface area contributed by atoms with Crippen LogP contribution >= 0.6 is 0 Å². The summed E-state index contributed by atoms with van der Waals surface area (Å²) in [5.41, 5.74) is 2.11. The Labute approximate surface area is 112 Å². The molecule has 2 aromatic rings. The van der Waals surface area contributed by atoms with E-state index in [1.54, 1.807) is 18.6 Å². The fourth-order valence-corrected chi connectivity index (χ4v) is 2.11. The molecule has 0 saturated heterocycles. The Kier molecular flexibility index (Phi) is 2.88. The third-order valence-electron chi connectivity index (χ3n) is 3.51. The molecule has 3 rings (SSSR count). The average molecular weight is 250 g/mol. The summed E-state index contributed by atoms with van der Waals surface area (Å²) < 4.78 is 0. The fraction of sp³-hybridized carbons (Fsp3) is 0.267. The van der Waals surface area contributed by atoms with Crippen LogP contribution in [0.25, 0.3) is 0 Å². The van der Waals surface area contributed by atoms with Gasteiger partial charge in [-0.15, -0.1) is 0 Å². The van der Waals surface area contributed by atoms with Crippen molar-refractivity contribution in [3.05, 3.63) is 54.0 Å². The van der Waals surface area contributed by atoms with Gasteiger partial charge in [0.2, 0.25) is 0 Å². The summed E-state index contributed by atoms with van der Waals surface area (Å²) in [6.07, 6.45) is 6.98. The summed E-state index contributed by atoms with van der Waals surface area (Å²) in [5.74, 6) is 0.766. The van der Waals surface area contributed by atoms with E-state index in [2.05, 4.69) is 45.6 Å². The van der Waals surface area contributed by atoms with Crippen LogP contribution in [0.15, 0.2) is 42.9 Å². The predicted octanol–water partition coefficient (Wildman–Crippen LogP) is 2.64. The number of hydrogen-bond donors (Lipinski definition) is 1. The van der Waals surface area contributed by atoms with Gasteiger partial charge in [0.1, 0.15) is 5.82 Å².